The van der Waals surface area contributed by atoms with Gasteiger partial charge < -0.3 is 9.84 Å². The summed E-state index contributed by atoms with van der Waals surface area (Å²) in [5.74, 6) is 0.715. The topological polar surface area (TPSA) is 29.5 Å². The van der Waals surface area contributed by atoms with Crippen LogP contribution in [-0.2, 0) is 5.60 Å². The molecule has 82 valence electrons. The van der Waals surface area contributed by atoms with Crippen LogP contribution in [0.15, 0.2) is 18.2 Å². The van der Waals surface area contributed by atoms with Gasteiger partial charge in [0.15, 0.2) is 0 Å². The molecule has 1 aliphatic carbocycles. The molecule has 3 heteroatoms. The normalized spacial score (nSPS) is 16.5. The molecule has 0 amide bonds. The second-order valence-electron chi connectivity index (χ2n) is 4.52. The molecule has 0 unspecified atom stereocenters. The van der Waals surface area contributed by atoms with Crippen LogP contribution in [-0.4, -0.2) is 11.2 Å². The maximum absolute atomic E-state index is 9.80. The summed E-state index contributed by atoms with van der Waals surface area (Å²) in [5, 5.41) is 10.4. The van der Waals surface area contributed by atoms with Gasteiger partial charge in [-0.3, -0.25) is 0 Å². The van der Waals surface area contributed by atoms with Crippen molar-refractivity contribution in [3.63, 3.8) is 0 Å². The smallest absolute Gasteiger partial charge is 0.138 e. The Morgan fingerprint density at radius 2 is 2.07 bits per heavy atom. The molecule has 0 saturated heterocycles. The van der Waals surface area contributed by atoms with E-state index in [1.54, 1.807) is 19.9 Å². The van der Waals surface area contributed by atoms with Crippen molar-refractivity contribution in [1.29, 1.82) is 0 Å². The molecule has 1 aliphatic rings. The maximum atomic E-state index is 9.80. The third-order valence-corrected chi connectivity index (χ3v) is 2.75. The van der Waals surface area contributed by atoms with E-state index in [1.807, 2.05) is 12.1 Å². The number of benzene rings is 1. The minimum absolute atomic E-state index is 0.343. The first-order valence-corrected chi connectivity index (χ1v) is 5.53. The molecule has 0 aromatic heterocycles. The molecule has 0 radical (unpaired) electrons. The van der Waals surface area contributed by atoms with E-state index in [4.69, 9.17) is 16.3 Å². The minimum atomic E-state index is -0.859. The fraction of sp³-hybridized carbons (Fsp3) is 0.500. The van der Waals surface area contributed by atoms with Crippen LogP contribution >= 0.6 is 11.6 Å². The van der Waals surface area contributed by atoms with Gasteiger partial charge in [-0.05, 0) is 44.4 Å². The highest BCUT2D eigenvalue weighted by Gasteiger charge is 2.25. The number of ether oxygens (including phenoxy) is 1. The zero-order valence-electron chi connectivity index (χ0n) is 8.96. The number of aliphatic hydroxyl groups is 1. The van der Waals surface area contributed by atoms with Gasteiger partial charge in [-0.2, -0.15) is 0 Å². The molecule has 1 aromatic carbocycles. The van der Waals surface area contributed by atoms with Crippen LogP contribution in [0.5, 0.6) is 5.75 Å². The first-order chi connectivity index (χ1) is 6.97. The molecule has 0 heterocycles. The van der Waals surface area contributed by atoms with Crippen LogP contribution in [0, 0.1) is 0 Å². The van der Waals surface area contributed by atoms with Crippen LogP contribution in [0.1, 0.15) is 32.3 Å². The van der Waals surface area contributed by atoms with Gasteiger partial charge in [-0.1, -0.05) is 17.7 Å². The van der Waals surface area contributed by atoms with Gasteiger partial charge in [-0.15, -0.1) is 0 Å². The second-order valence-corrected chi connectivity index (χ2v) is 4.93. The third-order valence-electron chi connectivity index (χ3n) is 2.46. The third kappa shape index (κ3) is 2.64. The minimum Gasteiger partial charge on any atom is -0.489 e. The highest BCUT2D eigenvalue weighted by atomic mass is 35.5. The average molecular weight is 227 g/mol. The molecule has 0 atom stereocenters. The van der Waals surface area contributed by atoms with Crippen LogP contribution in [0.25, 0.3) is 0 Å². The van der Waals surface area contributed by atoms with E-state index in [2.05, 4.69) is 0 Å². The molecule has 1 saturated carbocycles. The van der Waals surface area contributed by atoms with Crippen molar-refractivity contribution in [2.24, 2.45) is 0 Å². The van der Waals surface area contributed by atoms with Gasteiger partial charge in [0.25, 0.3) is 0 Å². The van der Waals surface area contributed by atoms with Crippen molar-refractivity contribution in [2.75, 3.05) is 0 Å². The van der Waals surface area contributed by atoms with E-state index in [-0.39, 0.29) is 0 Å². The van der Waals surface area contributed by atoms with E-state index in [0.717, 1.165) is 18.4 Å². The van der Waals surface area contributed by atoms with Crippen LogP contribution in [0.3, 0.4) is 0 Å². The summed E-state index contributed by atoms with van der Waals surface area (Å²) in [4.78, 5) is 0. The molecule has 1 N–H and O–H groups in total. The first-order valence-electron chi connectivity index (χ1n) is 5.16. The molecule has 0 bridgehead atoms. The zero-order chi connectivity index (χ0) is 11.1. The molecule has 0 spiro atoms. The summed E-state index contributed by atoms with van der Waals surface area (Å²) in [7, 11) is 0. The Bertz CT molecular complexity index is 364. The molecular weight excluding hydrogens is 212 g/mol. The van der Waals surface area contributed by atoms with E-state index < -0.39 is 5.60 Å². The van der Waals surface area contributed by atoms with Gasteiger partial charge in [-0.25, -0.2) is 0 Å². The lowest BCUT2D eigenvalue weighted by Gasteiger charge is -2.18. The molecule has 0 aliphatic heterocycles. The summed E-state index contributed by atoms with van der Waals surface area (Å²) in [6.07, 6.45) is 2.57. The predicted molar refractivity (Wildman–Crippen MR) is 60.3 cm³/mol. The molecule has 2 rings (SSSR count). The Labute approximate surface area is 94.8 Å². The molecule has 1 aromatic rings. The van der Waals surface area contributed by atoms with Crippen LogP contribution < -0.4 is 4.74 Å². The fourth-order valence-electron chi connectivity index (χ4n) is 1.34. The van der Waals surface area contributed by atoms with Gasteiger partial charge in [0.2, 0.25) is 0 Å². The number of hydrogen-bond acceptors (Lipinski definition) is 2. The Morgan fingerprint density at radius 3 is 2.53 bits per heavy atom. The van der Waals surface area contributed by atoms with Gasteiger partial charge >= 0.3 is 0 Å². The monoisotopic (exact) mass is 226 g/mol. The predicted octanol–water partition coefficient (Wildman–Crippen LogP) is 3.11. The second kappa shape index (κ2) is 3.69. The Morgan fingerprint density at radius 1 is 1.40 bits per heavy atom. The van der Waals surface area contributed by atoms with Gasteiger partial charge in [0, 0.05) is 0 Å². The van der Waals surface area contributed by atoms with Crippen molar-refractivity contribution >= 4 is 11.6 Å². The lowest BCUT2D eigenvalue weighted by atomic mass is 9.98. The first kappa shape index (κ1) is 10.8. The van der Waals surface area contributed by atoms with E-state index in [1.165, 1.54) is 0 Å². The van der Waals surface area contributed by atoms with Gasteiger partial charge in [0.05, 0.1) is 16.7 Å². The van der Waals surface area contributed by atoms with Crippen molar-refractivity contribution < 1.29 is 9.84 Å². The van der Waals surface area contributed by atoms with E-state index in [0.29, 0.717) is 16.9 Å². The SMILES string of the molecule is CC(C)(O)c1ccc(OC2CC2)c(Cl)c1. The summed E-state index contributed by atoms with van der Waals surface area (Å²) in [5.41, 5.74) is -0.0578. The molecular formula is C12H15ClO2. The molecule has 15 heavy (non-hydrogen) atoms. The molecule has 1 fully saturated rings. The van der Waals surface area contributed by atoms with Crippen molar-refractivity contribution in [1.82, 2.24) is 0 Å². The van der Waals surface area contributed by atoms with Crippen LogP contribution in [0.2, 0.25) is 5.02 Å². The van der Waals surface area contributed by atoms with Crippen LogP contribution in [0.4, 0.5) is 0 Å². The van der Waals surface area contributed by atoms with E-state index in [9.17, 15) is 5.11 Å². The largest absolute Gasteiger partial charge is 0.489 e. The fourth-order valence-corrected chi connectivity index (χ4v) is 1.57. The Kier molecular flexibility index (Phi) is 2.65. The zero-order valence-corrected chi connectivity index (χ0v) is 9.71. The lowest BCUT2D eigenvalue weighted by molar-refractivity contribution is 0.0785. The van der Waals surface area contributed by atoms with Crippen molar-refractivity contribution in [2.45, 2.75) is 38.4 Å². The highest BCUT2D eigenvalue weighted by Crippen LogP contribution is 2.34. The summed E-state index contributed by atoms with van der Waals surface area (Å²) >= 11 is 6.07. The number of hydrogen-bond donors (Lipinski definition) is 1. The van der Waals surface area contributed by atoms with E-state index >= 15 is 0 Å². The Balaban J connectivity index is 2.21. The number of halogens is 1. The lowest BCUT2D eigenvalue weighted by Crippen LogP contribution is -2.15. The summed E-state index contributed by atoms with van der Waals surface area (Å²) < 4.78 is 5.61. The summed E-state index contributed by atoms with van der Waals surface area (Å²) in [6, 6.07) is 5.44. The van der Waals surface area contributed by atoms with Crippen molar-refractivity contribution in [3.8, 4) is 5.75 Å². The van der Waals surface area contributed by atoms with Gasteiger partial charge in [0.1, 0.15) is 5.75 Å². The maximum Gasteiger partial charge on any atom is 0.138 e. The van der Waals surface area contributed by atoms with Crippen molar-refractivity contribution in [3.05, 3.63) is 28.8 Å². The average Bonchev–Trinajstić information content (AvgIpc) is 2.90. The highest BCUT2D eigenvalue weighted by molar-refractivity contribution is 6.32. The summed E-state index contributed by atoms with van der Waals surface area (Å²) in [6.45, 7) is 3.47. The number of rotatable bonds is 3. The molecule has 2 nitrogen and oxygen atoms in total. The Hall–Kier alpha value is -0.730. The standard InChI is InChI=1S/C12H15ClO2/c1-12(2,14)8-3-6-11(10(13)7-8)15-9-4-5-9/h3,6-7,9,14H,4-5H2,1-2H3. The quantitative estimate of drug-likeness (QED) is 0.858.